The van der Waals surface area contributed by atoms with E-state index in [1.165, 1.54) is 6.92 Å². The first-order chi connectivity index (χ1) is 5.20. The van der Waals surface area contributed by atoms with Gasteiger partial charge in [0.15, 0.2) is 0 Å². The fourth-order valence-electron chi connectivity index (χ4n) is 0. The van der Waals surface area contributed by atoms with Gasteiger partial charge in [-0.3, -0.25) is 0 Å². The first kappa shape index (κ1) is 13.7. The molecular weight excluding hydrogens is 154 g/mol. The fourth-order valence-corrected chi connectivity index (χ4v) is 0. The highest BCUT2D eigenvalue weighted by Gasteiger charge is 2.03. The van der Waals surface area contributed by atoms with Gasteiger partial charge in [0.1, 0.15) is 0 Å². The average Bonchev–Trinajstić information content (AvgIpc) is 1.87. The van der Waals surface area contributed by atoms with E-state index in [1.54, 1.807) is 0 Å². The first-order valence-electron chi connectivity index (χ1n) is 3.88. The van der Waals surface area contributed by atoms with Crippen molar-refractivity contribution in [3.8, 4) is 0 Å². The van der Waals surface area contributed by atoms with Gasteiger partial charge in [-0.15, -0.1) is 0 Å². The second kappa shape index (κ2) is 5.77. The first-order valence-corrected chi connectivity index (χ1v) is 3.88. The van der Waals surface area contributed by atoms with Gasteiger partial charge < -0.3 is 10.8 Å². The number of hydrogen-bond donors (Lipinski definition) is 2. The summed E-state index contributed by atoms with van der Waals surface area (Å²) in [5.74, 6) is -0.935. The van der Waals surface area contributed by atoms with Crippen molar-refractivity contribution in [2.75, 3.05) is 0 Å². The minimum Gasteiger partial charge on any atom is -0.478 e. The lowest BCUT2D eigenvalue weighted by molar-refractivity contribution is -0.132. The number of aliphatic carboxylic acids is 1. The van der Waals surface area contributed by atoms with E-state index >= 15 is 0 Å². The van der Waals surface area contributed by atoms with E-state index in [9.17, 15) is 4.79 Å². The molecule has 0 unspecified atom stereocenters. The normalized spacial score (nSPS) is 9.75. The monoisotopic (exact) mass is 173 g/mol. The Bertz CT molecular complexity index is 144. The van der Waals surface area contributed by atoms with Gasteiger partial charge in [0, 0.05) is 11.1 Å². The van der Waals surface area contributed by atoms with Crippen LogP contribution in [0.15, 0.2) is 12.2 Å². The molecule has 0 saturated carbocycles. The minimum atomic E-state index is -0.935. The molecule has 0 aliphatic rings. The van der Waals surface area contributed by atoms with Crippen LogP contribution in [-0.4, -0.2) is 16.6 Å². The van der Waals surface area contributed by atoms with E-state index in [-0.39, 0.29) is 11.1 Å². The molecule has 0 radical (unpaired) electrons. The summed E-state index contributed by atoms with van der Waals surface area (Å²) in [6, 6.07) is 0. The standard InChI is InChI=1S/C5H13N.C4H6O2/c1-4-5(2,3)6;1-3(2)4(5)6/h4,6H2,1-3H3;1H2,2H3,(H,5,6). The number of hydrogen-bond acceptors (Lipinski definition) is 2. The molecule has 3 nitrogen and oxygen atoms in total. The molecular formula is C9H19NO2. The van der Waals surface area contributed by atoms with Gasteiger partial charge in [0.25, 0.3) is 0 Å². The van der Waals surface area contributed by atoms with Crippen LogP contribution in [0.2, 0.25) is 0 Å². The molecule has 0 spiro atoms. The smallest absolute Gasteiger partial charge is 0.330 e. The van der Waals surface area contributed by atoms with Crippen LogP contribution in [-0.2, 0) is 4.79 Å². The van der Waals surface area contributed by atoms with Crippen LogP contribution < -0.4 is 5.73 Å². The van der Waals surface area contributed by atoms with Gasteiger partial charge in [-0.2, -0.15) is 0 Å². The van der Waals surface area contributed by atoms with E-state index in [0.29, 0.717) is 0 Å². The van der Waals surface area contributed by atoms with Gasteiger partial charge in [-0.25, -0.2) is 4.79 Å². The quantitative estimate of drug-likeness (QED) is 0.626. The molecule has 0 atom stereocenters. The van der Waals surface area contributed by atoms with E-state index in [4.69, 9.17) is 10.8 Å². The summed E-state index contributed by atoms with van der Waals surface area (Å²) in [6.45, 7) is 10.7. The summed E-state index contributed by atoms with van der Waals surface area (Å²) in [4.78, 5) is 9.60. The highest BCUT2D eigenvalue weighted by Crippen LogP contribution is 1.99. The molecule has 0 amide bonds. The molecule has 0 bridgehead atoms. The van der Waals surface area contributed by atoms with E-state index in [1.807, 2.05) is 13.8 Å². The van der Waals surface area contributed by atoms with Crippen molar-refractivity contribution in [2.45, 2.75) is 39.7 Å². The third kappa shape index (κ3) is 16.1. The Morgan fingerprint density at radius 1 is 1.58 bits per heavy atom. The third-order valence-electron chi connectivity index (χ3n) is 1.28. The maximum Gasteiger partial charge on any atom is 0.330 e. The summed E-state index contributed by atoms with van der Waals surface area (Å²) >= 11 is 0. The maximum absolute atomic E-state index is 9.60. The average molecular weight is 173 g/mol. The molecule has 0 aromatic heterocycles. The highest BCUT2D eigenvalue weighted by atomic mass is 16.4. The molecule has 0 aliphatic heterocycles. The zero-order valence-corrected chi connectivity index (χ0v) is 8.35. The van der Waals surface area contributed by atoms with Gasteiger partial charge in [-0.1, -0.05) is 13.5 Å². The predicted octanol–water partition coefficient (Wildman–Crippen LogP) is 1.78. The molecule has 0 saturated heterocycles. The largest absolute Gasteiger partial charge is 0.478 e. The van der Waals surface area contributed by atoms with Crippen LogP contribution in [0.1, 0.15) is 34.1 Å². The molecule has 3 heteroatoms. The number of carboxylic acid groups (broad SMARTS) is 1. The van der Waals surface area contributed by atoms with Crippen molar-refractivity contribution in [2.24, 2.45) is 5.73 Å². The van der Waals surface area contributed by atoms with Crippen molar-refractivity contribution in [1.29, 1.82) is 0 Å². The molecule has 12 heavy (non-hydrogen) atoms. The Morgan fingerprint density at radius 3 is 1.75 bits per heavy atom. The van der Waals surface area contributed by atoms with Crippen molar-refractivity contribution in [1.82, 2.24) is 0 Å². The molecule has 0 aromatic rings. The number of carbonyl (C=O) groups is 1. The zero-order valence-electron chi connectivity index (χ0n) is 8.35. The Labute approximate surface area is 74.3 Å². The lowest BCUT2D eigenvalue weighted by atomic mass is 10.1. The van der Waals surface area contributed by atoms with E-state index < -0.39 is 5.97 Å². The van der Waals surface area contributed by atoms with Crippen LogP contribution in [0.25, 0.3) is 0 Å². The lowest BCUT2D eigenvalue weighted by Crippen LogP contribution is -2.30. The topological polar surface area (TPSA) is 63.3 Å². The van der Waals surface area contributed by atoms with Crippen molar-refractivity contribution < 1.29 is 9.90 Å². The maximum atomic E-state index is 9.60. The van der Waals surface area contributed by atoms with Crippen LogP contribution in [0.3, 0.4) is 0 Å². The van der Waals surface area contributed by atoms with Gasteiger partial charge in [0.05, 0.1) is 0 Å². The predicted molar refractivity (Wildman–Crippen MR) is 51.0 cm³/mol. The Hall–Kier alpha value is -0.830. The Morgan fingerprint density at radius 2 is 1.75 bits per heavy atom. The van der Waals surface area contributed by atoms with Gasteiger partial charge in [0.2, 0.25) is 0 Å². The van der Waals surface area contributed by atoms with Gasteiger partial charge in [-0.05, 0) is 27.2 Å². The Balaban J connectivity index is 0. The second-order valence-electron chi connectivity index (χ2n) is 3.43. The van der Waals surface area contributed by atoms with Crippen LogP contribution >= 0.6 is 0 Å². The molecule has 0 fully saturated rings. The summed E-state index contributed by atoms with van der Waals surface area (Å²) in [6.07, 6.45) is 1.05. The van der Waals surface area contributed by atoms with Crippen molar-refractivity contribution in [3.63, 3.8) is 0 Å². The van der Waals surface area contributed by atoms with Crippen LogP contribution in [0, 0.1) is 0 Å². The number of rotatable bonds is 2. The summed E-state index contributed by atoms with van der Waals surface area (Å²) in [7, 11) is 0. The fraction of sp³-hybridized carbons (Fsp3) is 0.667. The Kier molecular flexibility index (Phi) is 6.61. The van der Waals surface area contributed by atoms with Gasteiger partial charge >= 0.3 is 5.97 Å². The minimum absolute atomic E-state index is 0.0417. The molecule has 0 heterocycles. The van der Waals surface area contributed by atoms with Crippen molar-refractivity contribution >= 4 is 5.97 Å². The number of nitrogens with two attached hydrogens (primary N) is 1. The molecule has 3 N–H and O–H groups in total. The lowest BCUT2D eigenvalue weighted by Gasteiger charge is -2.13. The van der Waals surface area contributed by atoms with Crippen LogP contribution in [0.5, 0.6) is 0 Å². The molecule has 0 rings (SSSR count). The van der Waals surface area contributed by atoms with E-state index in [0.717, 1.165) is 6.42 Å². The van der Waals surface area contributed by atoms with E-state index in [2.05, 4.69) is 13.5 Å². The molecule has 0 aromatic carbocycles. The SMILES string of the molecule is C=C(C)C(=O)O.CCC(C)(C)N. The molecule has 72 valence electrons. The third-order valence-corrected chi connectivity index (χ3v) is 1.28. The molecule has 0 aliphatic carbocycles. The highest BCUT2D eigenvalue weighted by molar-refractivity contribution is 5.84. The number of carboxylic acids is 1. The van der Waals surface area contributed by atoms with Crippen molar-refractivity contribution in [3.05, 3.63) is 12.2 Å². The second-order valence-corrected chi connectivity index (χ2v) is 3.43. The summed E-state index contributed by atoms with van der Waals surface area (Å²) < 4.78 is 0. The summed E-state index contributed by atoms with van der Waals surface area (Å²) in [5.41, 5.74) is 5.75. The van der Waals surface area contributed by atoms with Crippen LogP contribution in [0.4, 0.5) is 0 Å². The summed E-state index contributed by atoms with van der Waals surface area (Å²) in [5, 5.41) is 7.89. The zero-order chi connectivity index (χ0) is 10.4.